The standard InChI is InChI=1S/C26H27NO2/c1-28-25-14-10-22(11-15-25)19-24(20-23-12-16-26(29-2)17-13-23)27-18-6-9-21-7-4-3-5-8-21/h3-18,24H,19-20H2,1-2H3/b9-6+,27-18?. The van der Waals surface area contributed by atoms with Gasteiger partial charge in [0, 0.05) is 6.21 Å². The van der Waals surface area contributed by atoms with E-state index in [2.05, 4.69) is 42.5 Å². The van der Waals surface area contributed by atoms with E-state index in [1.807, 2.05) is 54.8 Å². The van der Waals surface area contributed by atoms with Gasteiger partial charge in [-0.15, -0.1) is 0 Å². The van der Waals surface area contributed by atoms with Crippen LogP contribution < -0.4 is 9.47 Å². The molecule has 0 amide bonds. The topological polar surface area (TPSA) is 30.8 Å². The van der Waals surface area contributed by atoms with E-state index in [1.54, 1.807) is 14.2 Å². The molecule has 29 heavy (non-hydrogen) atoms. The molecule has 0 spiro atoms. The molecule has 0 aromatic heterocycles. The molecular weight excluding hydrogens is 358 g/mol. The minimum absolute atomic E-state index is 0.150. The van der Waals surface area contributed by atoms with Gasteiger partial charge in [0.25, 0.3) is 0 Å². The lowest BCUT2D eigenvalue weighted by atomic mass is 9.99. The second kappa shape index (κ2) is 10.9. The van der Waals surface area contributed by atoms with Crippen LogP contribution in [0.3, 0.4) is 0 Å². The fourth-order valence-electron chi connectivity index (χ4n) is 3.13. The molecule has 3 nitrogen and oxygen atoms in total. The summed E-state index contributed by atoms with van der Waals surface area (Å²) in [5.74, 6) is 1.74. The summed E-state index contributed by atoms with van der Waals surface area (Å²) in [5.41, 5.74) is 3.66. The lowest BCUT2D eigenvalue weighted by molar-refractivity contribution is 0.414. The molecule has 0 atom stereocenters. The highest BCUT2D eigenvalue weighted by Crippen LogP contribution is 2.18. The lowest BCUT2D eigenvalue weighted by Gasteiger charge is -2.13. The molecule has 3 heteroatoms. The molecule has 3 aromatic carbocycles. The highest BCUT2D eigenvalue weighted by molar-refractivity contribution is 5.78. The molecule has 0 aliphatic rings. The fraction of sp³-hybridized carbons (Fsp3) is 0.192. The van der Waals surface area contributed by atoms with Crippen LogP contribution in [0.2, 0.25) is 0 Å². The molecule has 0 heterocycles. The Balaban J connectivity index is 1.71. The first-order valence-electron chi connectivity index (χ1n) is 9.77. The molecule has 3 rings (SSSR count). The smallest absolute Gasteiger partial charge is 0.118 e. The normalized spacial score (nSPS) is 11.4. The quantitative estimate of drug-likeness (QED) is 0.446. The summed E-state index contributed by atoms with van der Waals surface area (Å²) in [7, 11) is 3.37. The zero-order chi connectivity index (χ0) is 20.3. The van der Waals surface area contributed by atoms with Crippen LogP contribution in [0.5, 0.6) is 11.5 Å². The predicted octanol–water partition coefficient (Wildman–Crippen LogP) is 5.64. The van der Waals surface area contributed by atoms with Gasteiger partial charge in [0.05, 0.1) is 20.3 Å². The highest BCUT2D eigenvalue weighted by atomic mass is 16.5. The molecule has 0 bridgehead atoms. The van der Waals surface area contributed by atoms with Crippen LogP contribution >= 0.6 is 0 Å². The summed E-state index contributed by atoms with van der Waals surface area (Å²) in [6.45, 7) is 0. The maximum Gasteiger partial charge on any atom is 0.118 e. The largest absolute Gasteiger partial charge is 0.497 e. The number of nitrogens with zero attached hydrogens (tertiary/aromatic N) is 1. The number of aliphatic imine (C=N–C) groups is 1. The van der Waals surface area contributed by atoms with Gasteiger partial charge < -0.3 is 9.47 Å². The van der Waals surface area contributed by atoms with Gasteiger partial charge in [-0.2, -0.15) is 0 Å². The zero-order valence-corrected chi connectivity index (χ0v) is 17.0. The number of hydrogen-bond acceptors (Lipinski definition) is 3. The lowest BCUT2D eigenvalue weighted by Crippen LogP contribution is -2.12. The van der Waals surface area contributed by atoms with Gasteiger partial charge in [0.1, 0.15) is 11.5 Å². The number of rotatable bonds is 9. The van der Waals surface area contributed by atoms with Gasteiger partial charge in [-0.3, -0.25) is 4.99 Å². The van der Waals surface area contributed by atoms with E-state index in [4.69, 9.17) is 14.5 Å². The van der Waals surface area contributed by atoms with Crippen molar-refractivity contribution in [2.75, 3.05) is 14.2 Å². The first kappa shape index (κ1) is 20.4. The number of hydrogen-bond donors (Lipinski definition) is 0. The van der Waals surface area contributed by atoms with Crippen LogP contribution in [0, 0.1) is 0 Å². The van der Waals surface area contributed by atoms with Crippen molar-refractivity contribution in [3.8, 4) is 11.5 Å². The van der Waals surface area contributed by atoms with Crippen molar-refractivity contribution in [3.05, 3.63) is 102 Å². The molecule has 0 saturated carbocycles. The minimum atomic E-state index is 0.150. The van der Waals surface area contributed by atoms with Crippen LogP contribution in [-0.4, -0.2) is 26.5 Å². The second-order valence-electron chi connectivity index (χ2n) is 6.83. The number of ether oxygens (including phenoxy) is 2. The molecular formula is C26H27NO2. The summed E-state index contributed by atoms with van der Waals surface area (Å²) < 4.78 is 10.5. The Hall–Kier alpha value is -3.33. The van der Waals surface area contributed by atoms with Crippen LogP contribution in [0.15, 0.2) is 89.9 Å². The Kier molecular flexibility index (Phi) is 7.64. The summed E-state index contributed by atoms with van der Waals surface area (Å²) >= 11 is 0. The molecule has 3 aromatic rings. The molecule has 0 aliphatic carbocycles. The van der Waals surface area contributed by atoms with E-state index in [0.717, 1.165) is 24.3 Å². The summed E-state index contributed by atoms with van der Waals surface area (Å²) in [4.78, 5) is 4.84. The van der Waals surface area contributed by atoms with Crippen LogP contribution in [0.1, 0.15) is 16.7 Å². The Morgan fingerprint density at radius 2 is 1.24 bits per heavy atom. The Bertz CT molecular complexity index is 864. The van der Waals surface area contributed by atoms with Crippen LogP contribution in [-0.2, 0) is 12.8 Å². The maximum atomic E-state index is 5.26. The third kappa shape index (κ3) is 6.65. The van der Waals surface area contributed by atoms with Gasteiger partial charge in [0.2, 0.25) is 0 Å². The van der Waals surface area contributed by atoms with E-state index >= 15 is 0 Å². The van der Waals surface area contributed by atoms with Gasteiger partial charge in [0.15, 0.2) is 0 Å². The number of methoxy groups -OCH3 is 2. The van der Waals surface area contributed by atoms with Crippen molar-refractivity contribution in [3.63, 3.8) is 0 Å². The van der Waals surface area contributed by atoms with Gasteiger partial charge in [-0.1, -0.05) is 60.7 Å². The molecule has 0 N–H and O–H groups in total. The summed E-state index contributed by atoms with van der Waals surface area (Å²) in [6, 6.07) is 26.8. The zero-order valence-electron chi connectivity index (χ0n) is 17.0. The van der Waals surface area contributed by atoms with E-state index in [1.165, 1.54) is 16.7 Å². The van der Waals surface area contributed by atoms with Gasteiger partial charge in [-0.25, -0.2) is 0 Å². The monoisotopic (exact) mass is 385 g/mol. The van der Waals surface area contributed by atoms with Crippen molar-refractivity contribution >= 4 is 12.3 Å². The van der Waals surface area contributed by atoms with Crippen molar-refractivity contribution in [2.24, 2.45) is 4.99 Å². The molecule has 0 radical (unpaired) electrons. The van der Waals surface area contributed by atoms with E-state index in [-0.39, 0.29) is 6.04 Å². The SMILES string of the molecule is COc1ccc(CC(Cc2ccc(OC)cc2)N=C/C=C/c2ccccc2)cc1. The maximum absolute atomic E-state index is 5.26. The average Bonchev–Trinajstić information content (AvgIpc) is 2.78. The van der Waals surface area contributed by atoms with E-state index in [9.17, 15) is 0 Å². The fourth-order valence-corrected chi connectivity index (χ4v) is 3.13. The summed E-state index contributed by atoms with van der Waals surface area (Å²) in [6.07, 6.45) is 7.72. The van der Waals surface area contributed by atoms with E-state index in [0.29, 0.717) is 0 Å². The van der Waals surface area contributed by atoms with Crippen LogP contribution in [0.4, 0.5) is 0 Å². The van der Waals surface area contributed by atoms with Crippen molar-refractivity contribution < 1.29 is 9.47 Å². The first-order valence-corrected chi connectivity index (χ1v) is 9.77. The second-order valence-corrected chi connectivity index (χ2v) is 6.83. The number of benzene rings is 3. The average molecular weight is 386 g/mol. The molecule has 0 saturated heterocycles. The third-order valence-electron chi connectivity index (χ3n) is 4.73. The number of allylic oxidation sites excluding steroid dienone is 1. The van der Waals surface area contributed by atoms with Crippen molar-refractivity contribution in [2.45, 2.75) is 18.9 Å². The molecule has 148 valence electrons. The predicted molar refractivity (Wildman–Crippen MR) is 121 cm³/mol. The first-order chi connectivity index (χ1) is 14.3. The Morgan fingerprint density at radius 3 is 1.72 bits per heavy atom. The summed E-state index contributed by atoms with van der Waals surface area (Å²) in [5, 5.41) is 0. The van der Waals surface area contributed by atoms with Crippen molar-refractivity contribution in [1.82, 2.24) is 0 Å². The van der Waals surface area contributed by atoms with Crippen LogP contribution in [0.25, 0.3) is 6.08 Å². The highest BCUT2D eigenvalue weighted by Gasteiger charge is 2.09. The molecule has 0 fully saturated rings. The third-order valence-corrected chi connectivity index (χ3v) is 4.73. The van der Waals surface area contributed by atoms with Gasteiger partial charge >= 0.3 is 0 Å². The molecule has 0 unspecified atom stereocenters. The van der Waals surface area contributed by atoms with Gasteiger partial charge in [-0.05, 0) is 59.9 Å². The minimum Gasteiger partial charge on any atom is -0.497 e. The Labute approximate surface area is 173 Å². The van der Waals surface area contributed by atoms with Crippen molar-refractivity contribution in [1.29, 1.82) is 0 Å². The Morgan fingerprint density at radius 1 is 0.724 bits per heavy atom. The van der Waals surface area contributed by atoms with E-state index < -0.39 is 0 Å². The molecule has 0 aliphatic heterocycles.